The number of nitrogens with two attached hydrogens (primary N) is 1. The number of carbonyl (C=O) groups is 1. The number of aromatic nitrogens is 3. The van der Waals surface area contributed by atoms with Gasteiger partial charge in [0.15, 0.2) is 0 Å². The molecule has 28 heavy (non-hydrogen) atoms. The van der Waals surface area contributed by atoms with E-state index in [1.807, 2.05) is 6.92 Å². The van der Waals surface area contributed by atoms with Gasteiger partial charge in [0.2, 0.25) is 0 Å². The Labute approximate surface area is 175 Å². The number of aromatic amines is 1. The van der Waals surface area contributed by atoms with E-state index in [-0.39, 0.29) is 42.1 Å². The summed E-state index contributed by atoms with van der Waals surface area (Å²) in [4.78, 5) is 45.5. The van der Waals surface area contributed by atoms with Crippen LogP contribution in [0.15, 0.2) is 21.9 Å². The molecule has 0 aromatic carbocycles. The highest BCUT2D eigenvalue weighted by atomic mass is 35.5. The smallest absolute Gasteiger partial charge is 0.329 e. The van der Waals surface area contributed by atoms with Crippen LogP contribution in [0.1, 0.15) is 43.5 Å². The number of halogens is 2. The predicted molar refractivity (Wildman–Crippen MR) is 114 cm³/mol. The lowest BCUT2D eigenvalue weighted by Crippen LogP contribution is -2.49. The van der Waals surface area contributed by atoms with Crippen LogP contribution in [0, 0.1) is 5.92 Å². The van der Waals surface area contributed by atoms with Gasteiger partial charge in [0.05, 0.1) is 10.9 Å². The molecule has 3 heterocycles. The topological polar surface area (TPSA) is 114 Å². The molecular formula is C18H27Cl2N5O3. The maximum atomic E-state index is 13.0. The van der Waals surface area contributed by atoms with Crippen molar-refractivity contribution in [3.63, 3.8) is 0 Å². The number of aryl methyl sites for hydroxylation is 1. The van der Waals surface area contributed by atoms with Crippen molar-refractivity contribution < 1.29 is 4.79 Å². The van der Waals surface area contributed by atoms with Crippen molar-refractivity contribution in [1.29, 1.82) is 0 Å². The summed E-state index contributed by atoms with van der Waals surface area (Å²) in [7, 11) is 0. The molecule has 1 amide bonds. The Morgan fingerprint density at radius 3 is 2.71 bits per heavy atom. The second kappa shape index (κ2) is 10.0. The summed E-state index contributed by atoms with van der Waals surface area (Å²) in [6, 6.07) is 1.52. The van der Waals surface area contributed by atoms with Gasteiger partial charge in [-0.3, -0.25) is 19.1 Å². The van der Waals surface area contributed by atoms with Crippen molar-refractivity contribution in [2.75, 3.05) is 13.1 Å². The maximum Gasteiger partial charge on any atom is 0.329 e. The summed E-state index contributed by atoms with van der Waals surface area (Å²) in [5, 5.41) is 0.249. The zero-order valence-electron chi connectivity index (χ0n) is 16.0. The van der Waals surface area contributed by atoms with Crippen molar-refractivity contribution in [3.8, 4) is 0 Å². The van der Waals surface area contributed by atoms with Gasteiger partial charge in [-0.15, -0.1) is 24.8 Å². The summed E-state index contributed by atoms with van der Waals surface area (Å²) >= 11 is 0. The van der Waals surface area contributed by atoms with E-state index in [0.717, 1.165) is 19.3 Å². The van der Waals surface area contributed by atoms with Crippen molar-refractivity contribution in [3.05, 3.63) is 38.7 Å². The first kappa shape index (κ1) is 24.1. The maximum absolute atomic E-state index is 13.0. The SMILES string of the molecule is CCCn1c(=O)[nH]c(=O)c2cc(C(=O)N3CCC(C)CC3CN)cnc21.Cl.Cl. The van der Waals surface area contributed by atoms with E-state index in [1.165, 1.54) is 16.8 Å². The molecule has 0 aliphatic carbocycles. The van der Waals surface area contributed by atoms with E-state index in [4.69, 9.17) is 5.73 Å². The van der Waals surface area contributed by atoms with Gasteiger partial charge in [-0.1, -0.05) is 13.8 Å². The minimum absolute atomic E-state index is 0. The second-order valence-electron chi connectivity index (χ2n) is 7.02. The first-order valence-corrected chi connectivity index (χ1v) is 9.10. The van der Waals surface area contributed by atoms with Crippen LogP contribution in [0.5, 0.6) is 0 Å². The number of hydrogen-bond donors (Lipinski definition) is 2. The Morgan fingerprint density at radius 1 is 1.36 bits per heavy atom. The van der Waals surface area contributed by atoms with Crippen LogP contribution in [0.4, 0.5) is 0 Å². The van der Waals surface area contributed by atoms with Gasteiger partial charge < -0.3 is 10.6 Å². The average Bonchev–Trinajstić information content (AvgIpc) is 2.64. The van der Waals surface area contributed by atoms with Gasteiger partial charge in [0, 0.05) is 31.9 Å². The Hall–Kier alpha value is -1.90. The molecule has 3 N–H and O–H groups in total. The number of pyridine rings is 1. The van der Waals surface area contributed by atoms with Gasteiger partial charge in [-0.2, -0.15) is 0 Å². The molecule has 2 aromatic heterocycles. The number of rotatable bonds is 4. The number of amides is 1. The lowest BCUT2D eigenvalue weighted by Gasteiger charge is -2.38. The van der Waals surface area contributed by atoms with E-state index in [1.54, 1.807) is 4.90 Å². The number of piperidine rings is 1. The molecule has 2 atom stereocenters. The van der Waals surface area contributed by atoms with Crippen molar-refractivity contribution in [1.82, 2.24) is 19.4 Å². The summed E-state index contributed by atoms with van der Waals surface area (Å²) < 4.78 is 1.43. The highest BCUT2D eigenvalue weighted by Gasteiger charge is 2.30. The zero-order chi connectivity index (χ0) is 18.8. The molecule has 1 aliphatic heterocycles. The standard InChI is InChI=1S/C18H25N5O3.2ClH/c1-3-5-23-15-14(16(24)21-18(23)26)8-12(10-20-15)17(25)22-6-4-11(2)7-13(22)9-19;;/h8,10-11,13H,3-7,9,19H2,1-2H3,(H,21,24,26);2*1H. The van der Waals surface area contributed by atoms with Gasteiger partial charge in [-0.05, 0) is 31.2 Å². The van der Waals surface area contributed by atoms with Crippen LogP contribution in [0.3, 0.4) is 0 Å². The third-order valence-corrected chi connectivity index (χ3v) is 5.04. The van der Waals surface area contributed by atoms with Gasteiger partial charge in [0.25, 0.3) is 11.5 Å². The van der Waals surface area contributed by atoms with Crippen LogP contribution in [-0.2, 0) is 6.54 Å². The minimum Gasteiger partial charge on any atom is -0.334 e. The Morgan fingerprint density at radius 2 is 2.07 bits per heavy atom. The molecule has 156 valence electrons. The third kappa shape index (κ3) is 4.56. The number of carbonyl (C=O) groups excluding carboxylic acids is 1. The summed E-state index contributed by atoms with van der Waals surface area (Å²) in [5.74, 6) is 0.364. The van der Waals surface area contributed by atoms with Crippen LogP contribution in [0.2, 0.25) is 0 Å². The van der Waals surface area contributed by atoms with Crippen LogP contribution in [0.25, 0.3) is 11.0 Å². The van der Waals surface area contributed by atoms with Gasteiger partial charge >= 0.3 is 5.69 Å². The van der Waals surface area contributed by atoms with E-state index < -0.39 is 11.2 Å². The monoisotopic (exact) mass is 431 g/mol. The number of likely N-dealkylation sites (tertiary alicyclic amines) is 1. The van der Waals surface area contributed by atoms with Gasteiger partial charge in [-0.25, -0.2) is 9.78 Å². The molecule has 3 rings (SSSR count). The normalized spacial score (nSPS) is 19.0. The Kier molecular flexibility index (Phi) is 8.66. The number of hydrogen-bond acceptors (Lipinski definition) is 5. The minimum atomic E-state index is -0.526. The molecular weight excluding hydrogens is 405 g/mol. The van der Waals surface area contributed by atoms with E-state index in [9.17, 15) is 14.4 Å². The fourth-order valence-corrected chi connectivity index (χ4v) is 3.62. The molecule has 0 bridgehead atoms. The molecule has 1 aliphatic rings. The third-order valence-electron chi connectivity index (χ3n) is 5.04. The van der Waals surface area contributed by atoms with E-state index in [0.29, 0.717) is 36.8 Å². The molecule has 2 aromatic rings. The molecule has 0 radical (unpaired) electrons. The molecule has 8 nitrogen and oxygen atoms in total. The van der Waals surface area contributed by atoms with Crippen LogP contribution in [-0.4, -0.2) is 44.5 Å². The summed E-state index contributed by atoms with van der Waals surface area (Å²) in [6.45, 7) is 5.60. The molecule has 0 saturated carbocycles. The zero-order valence-corrected chi connectivity index (χ0v) is 17.6. The fraction of sp³-hybridized carbons (Fsp3) is 0.556. The van der Waals surface area contributed by atoms with Gasteiger partial charge in [0.1, 0.15) is 5.65 Å². The quantitative estimate of drug-likeness (QED) is 0.761. The number of nitrogens with zero attached hydrogens (tertiary/aromatic N) is 3. The van der Waals surface area contributed by atoms with Crippen molar-refractivity contribution in [2.24, 2.45) is 11.7 Å². The Balaban J connectivity index is 0.00000196. The summed E-state index contributed by atoms with van der Waals surface area (Å²) in [6.07, 6.45) is 3.98. The van der Waals surface area contributed by atoms with Crippen LogP contribution >= 0.6 is 24.8 Å². The molecule has 10 heteroatoms. The average molecular weight is 432 g/mol. The van der Waals surface area contributed by atoms with Crippen LogP contribution < -0.4 is 17.0 Å². The Bertz CT molecular complexity index is 943. The van der Waals surface area contributed by atoms with Crippen molar-refractivity contribution in [2.45, 2.75) is 45.7 Å². The fourth-order valence-electron chi connectivity index (χ4n) is 3.62. The highest BCUT2D eigenvalue weighted by Crippen LogP contribution is 2.24. The van der Waals surface area contributed by atoms with Crippen molar-refractivity contribution >= 4 is 41.8 Å². The van der Waals surface area contributed by atoms with E-state index in [2.05, 4.69) is 16.9 Å². The molecule has 2 unspecified atom stereocenters. The van der Waals surface area contributed by atoms with E-state index >= 15 is 0 Å². The largest absolute Gasteiger partial charge is 0.334 e. The number of fused-ring (bicyclic) bond motifs is 1. The summed E-state index contributed by atoms with van der Waals surface area (Å²) in [5.41, 5.74) is 5.50. The first-order chi connectivity index (χ1) is 12.5. The number of nitrogens with one attached hydrogen (secondary N) is 1. The lowest BCUT2D eigenvalue weighted by atomic mass is 9.92. The lowest BCUT2D eigenvalue weighted by molar-refractivity contribution is 0.0573. The second-order valence-corrected chi connectivity index (χ2v) is 7.02. The molecule has 1 fully saturated rings. The number of H-pyrrole nitrogens is 1. The first-order valence-electron chi connectivity index (χ1n) is 9.10. The molecule has 1 saturated heterocycles. The predicted octanol–water partition coefficient (Wildman–Crippen LogP) is 1.54. The highest BCUT2D eigenvalue weighted by molar-refractivity contribution is 5.97. The molecule has 0 spiro atoms.